The van der Waals surface area contributed by atoms with Crippen molar-refractivity contribution in [2.75, 3.05) is 23.3 Å². The van der Waals surface area contributed by atoms with Crippen LogP contribution in [0, 0.1) is 11.8 Å². The molecule has 3 heterocycles. The number of hydrogen-bond acceptors (Lipinski definition) is 4. The first-order valence-corrected chi connectivity index (χ1v) is 13.0. The number of rotatable bonds is 4. The van der Waals surface area contributed by atoms with Crippen LogP contribution >= 0.6 is 15.9 Å². The van der Waals surface area contributed by atoms with Crippen molar-refractivity contribution in [2.24, 2.45) is 11.8 Å². The van der Waals surface area contributed by atoms with Gasteiger partial charge in [-0.3, -0.25) is 9.20 Å². The minimum absolute atomic E-state index is 0.193. The third-order valence-electron chi connectivity index (χ3n) is 7.55. The van der Waals surface area contributed by atoms with Crippen molar-refractivity contribution in [1.29, 1.82) is 0 Å². The van der Waals surface area contributed by atoms with Crippen molar-refractivity contribution >= 4 is 44.8 Å². The van der Waals surface area contributed by atoms with Crippen molar-refractivity contribution in [3.05, 3.63) is 58.3 Å². The number of halogens is 3. The minimum atomic E-state index is -2.65. The molecule has 1 saturated carbocycles. The fourth-order valence-electron chi connectivity index (χ4n) is 5.66. The fraction of sp³-hybridized carbons (Fsp3) is 0.423. The molecule has 1 saturated heterocycles. The van der Waals surface area contributed by atoms with Crippen LogP contribution in [-0.2, 0) is 0 Å². The first-order chi connectivity index (χ1) is 16.9. The van der Waals surface area contributed by atoms with Gasteiger partial charge in [-0.05, 0) is 66.9 Å². The van der Waals surface area contributed by atoms with E-state index in [1.807, 2.05) is 23.1 Å². The number of alkyl halides is 2. The lowest BCUT2D eigenvalue weighted by molar-refractivity contribution is -0.0222. The fourth-order valence-corrected chi connectivity index (χ4v) is 6.02. The highest BCUT2D eigenvalue weighted by molar-refractivity contribution is 9.10. The Kier molecular flexibility index (Phi) is 5.62. The van der Waals surface area contributed by atoms with E-state index in [1.165, 1.54) is 31.3 Å². The van der Waals surface area contributed by atoms with Gasteiger partial charge in [0.15, 0.2) is 0 Å². The monoisotopic (exact) mass is 541 g/mol. The van der Waals surface area contributed by atoms with E-state index < -0.39 is 5.92 Å². The second-order valence-electron chi connectivity index (χ2n) is 9.82. The number of piperidine rings is 1. The quantitative estimate of drug-likeness (QED) is 0.428. The summed E-state index contributed by atoms with van der Waals surface area (Å²) in [6.07, 6.45) is 10.1. The first-order valence-electron chi connectivity index (χ1n) is 12.2. The Balaban J connectivity index is 1.32. The topological polar surface area (TPSA) is 62.5 Å². The molecule has 0 unspecified atom stereocenters. The summed E-state index contributed by atoms with van der Waals surface area (Å²) < 4.78 is 30.2. The van der Waals surface area contributed by atoms with Crippen molar-refractivity contribution in [1.82, 2.24) is 14.4 Å². The molecule has 4 aliphatic rings. The molecule has 3 aromatic rings. The second kappa shape index (κ2) is 8.69. The molecule has 6 nitrogen and oxygen atoms in total. The number of nitrogens with one attached hydrogen (secondary N) is 1. The van der Waals surface area contributed by atoms with Gasteiger partial charge in [-0.15, -0.1) is 0 Å². The first kappa shape index (κ1) is 22.6. The Hall–Kier alpha value is -2.81. The number of carbonyl (C=O) groups is 1. The minimum Gasteiger partial charge on any atom is -0.341 e. The van der Waals surface area contributed by atoms with E-state index in [4.69, 9.17) is 0 Å². The van der Waals surface area contributed by atoms with Crippen LogP contribution in [0.5, 0.6) is 0 Å². The van der Waals surface area contributed by atoms with Crippen LogP contribution in [0.2, 0.25) is 0 Å². The molecule has 35 heavy (non-hydrogen) atoms. The molecular formula is C26H26BrF2N5O. The molecule has 2 fully saturated rings. The summed E-state index contributed by atoms with van der Waals surface area (Å²) in [6, 6.07) is 7.47. The lowest BCUT2D eigenvalue weighted by Gasteiger charge is -2.36. The van der Waals surface area contributed by atoms with E-state index >= 15 is 0 Å². The molecule has 2 bridgehead atoms. The summed E-state index contributed by atoms with van der Waals surface area (Å²) in [4.78, 5) is 24.3. The van der Waals surface area contributed by atoms with Gasteiger partial charge in [0.05, 0.1) is 0 Å². The SMILES string of the molecule is O=C(Nc1cc2nccn2c(N2CCC(F)(F)CC2)n1)c1ccc(Br)cc1C1=CC2CCC1CC2. The van der Waals surface area contributed by atoms with Crippen LogP contribution in [-0.4, -0.2) is 39.3 Å². The summed E-state index contributed by atoms with van der Waals surface area (Å²) in [6.45, 7) is 0.385. The van der Waals surface area contributed by atoms with E-state index in [2.05, 4.69) is 37.3 Å². The Bertz CT molecular complexity index is 1320. The maximum Gasteiger partial charge on any atom is 0.257 e. The van der Waals surface area contributed by atoms with Crippen LogP contribution in [0.1, 0.15) is 54.4 Å². The standard InChI is InChI=1S/C26H26BrF2N5O/c27-18-5-6-19(21(14-18)20-13-16-1-3-17(20)4-2-16)24(35)31-22-15-23-30-9-12-34(23)25(32-22)33-10-7-26(28,29)8-11-33/h5-6,9,12-17H,1-4,7-8,10-11H2,(H,31,35). The van der Waals surface area contributed by atoms with Crippen molar-refractivity contribution in [2.45, 2.75) is 44.4 Å². The number of benzene rings is 1. The maximum atomic E-state index is 13.7. The zero-order chi connectivity index (χ0) is 24.2. The van der Waals surface area contributed by atoms with Gasteiger partial charge in [-0.2, -0.15) is 4.98 Å². The second-order valence-corrected chi connectivity index (χ2v) is 10.7. The van der Waals surface area contributed by atoms with Crippen molar-refractivity contribution < 1.29 is 13.6 Å². The number of carbonyl (C=O) groups excluding carboxylic acids is 1. The van der Waals surface area contributed by atoms with Crippen LogP contribution < -0.4 is 10.2 Å². The molecule has 1 amide bonds. The van der Waals surface area contributed by atoms with Gasteiger partial charge in [0.2, 0.25) is 5.95 Å². The molecule has 7 rings (SSSR count). The number of nitrogens with zero attached hydrogens (tertiary/aromatic N) is 4. The summed E-state index contributed by atoms with van der Waals surface area (Å²) in [5.74, 6) is -0.947. The van der Waals surface area contributed by atoms with E-state index in [1.54, 1.807) is 22.9 Å². The third kappa shape index (κ3) is 4.35. The molecule has 0 radical (unpaired) electrons. The lowest BCUT2D eigenvalue weighted by Crippen LogP contribution is -2.40. The number of amides is 1. The van der Waals surface area contributed by atoms with Gasteiger partial charge < -0.3 is 10.2 Å². The van der Waals surface area contributed by atoms with Crippen LogP contribution in [0.25, 0.3) is 11.2 Å². The van der Waals surface area contributed by atoms with Crippen LogP contribution in [0.4, 0.5) is 20.5 Å². The lowest BCUT2D eigenvalue weighted by atomic mass is 9.69. The number of allylic oxidation sites excluding steroid dienone is 2. The average molecular weight is 542 g/mol. The molecule has 0 spiro atoms. The molecule has 0 atom stereocenters. The van der Waals surface area contributed by atoms with Crippen LogP contribution in [0.15, 0.2) is 47.2 Å². The van der Waals surface area contributed by atoms with Crippen LogP contribution in [0.3, 0.4) is 0 Å². The number of anilines is 2. The van der Waals surface area contributed by atoms with Gasteiger partial charge in [-0.1, -0.05) is 22.0 Å². The predicted molar refractivity (Wildman–Crippen MR) is 135 cm³/mol. The molecular weight excluding hydrogens is 516 g/mol. The largest absolute Gasteiger partial charge is 0.341 e. The van der Waals surface area contributed by atoms with Gasteiger partial charge >= 0.3 is 0 Å². The van der Waals surface area contributed by atoms with Gasteiger partial charge in [0, 0.05) is 54.4 Å². The molecule has 3 aliphatic carbocycles. The highest BCUT2D eigenvalue weighted by Gasteiger charge is 2.35. The number of hydrogen-bond donors (Lipinski definition) is 1. The molecule has 9 heteroatoms. The Labute approximate surface area is 210 Å². The maximum absolute atomic E-state index is 13.7. The normalized spacial score (nSPS) is 23.4. The molecule has 1 aliphatic heterocycles. The summed E-state index contributed by atoms with van der Waals surface area (Å²) >= 11 is 3.58. The molecule has 1 N–H and O–H groups in total. The van der Waals surface area contributed by atoms with Crippen molar-refractivity contribution in [3.8, 4) is 0 Å². The number of fused-ring (bicyclic) bond motifs is 3. The predicted octanol–water partition coefficient (Wildman–Crippen LogP) is 6.18. The zero-order valence-electron chi connectivity index (χ0n) is 19.2. The Morgan fingerprint density at radius 3 is 2.60 bits per heavy atom. The van der Waals surface area contributed by atoms with E-state index in [9.17, 15) is 13.6 Å². The number of imidazole rings is 1. The smallest absolute Gasteiger partial charge is 0.257 e. The van der Waals surface area contributed by atoms with Gasteiger partial charge in [0.25, 0.3) is 11.8 Å². The van der Waals surface area contributed by atoms with Crippen molar-refractivity contribution in [3.63, 3.8) is 0 Å². The highest BCUT2D eigenvalue weighted by Crippen LogP contribution is 2.46. The molecule has 2 aromatic heterocycles. The summed E-state index contributed by atoms with van der Waals surface area (Å²) in [5.41, 5.74) is 3.44. The van der Waals surface area contributed by atoms with Gasteiger partial charge in [-0.25, -0.2) is 13.8 Å². The number of aromatic nitrogens is 3. The molecule has 1 aromatic carbocycles. The summed E-state index contributed by atoms with van der Waals surface area (Å²) in [5, 5.41) is 2.96. The van der Waals surface area contributed by atoms with E-state index in [0.717, 1.165) is 10.0 Å². The average Bonchev–Trinajstić information content (AvgIpc) is 3.33. The third-order valence-corrected chi connectivity index (χ3v) is 8.05. The molecule has 182 valence electrons. The van der Waals surface area contributed by atoms with Gasteiger partial charge in [0.1, 0.15) is 11.5 Å². The van der Waals surface area contributed by atoms with E-state index in [0.29, 0.717) is 34.8 Å². The highest BCUT2D eigenvalue weighted by atomic mass is 79.9. The Morgan fingerprint density at radius 1 is 1.11 bits per heavy atom. The van der Waals surface area contributed by atoms with E-state index in [-0.39, 0.29) is 31.8 Å². The zero-order valence-corrected chi connectivity index (χ0v) is 20.8. The Morgan fingerprint density at radius 2 is 1.89 bits per heavy atom. The summed E-state index contributed by atoms with van der Waals surface area (Å²) in [7, 11) is 0.